The minimum atomic E-state index is 0.0657. The molecule has 0 radical (unpaired) electrons. The predicted octanol–water partition coefficient (Wildman–Crippen LogP) is 3.55. The van der Waals surface area contributed by atoms with Crippen LogP contribution in [-0.2, 0) is 0 Å². The molecule has 5 nitrogen and oxygen atoms in total. The molecule has 1 unspecified atom stereocenters. The lowest BCUT2D eigenvalue weighted by atomic mass is 9.94. The number of anilines is 1. The number of pyridine rings is 2. The number of hydrogen-bond donors (Lipinski definition) is 1. The summed E-state index contributed by atoms with van der Waals surface area (Å²) in [4.78, 5) is 10.7. The van der Waals surface area contributed by atoms with Crippen molar-refractivity contribution in [2.24, 2.45) is 0 Å². The average molecular weight is 323 g/mol. The average Bonchev–Trinajstić information content (AvgIpc) is 2.55. The quantitative estimate of drug-likeness (QED) is 0.881. The molecule has 0 aliphatic carbocycles. The van der Waals surface area contributed by atoms with E-state index in [0.29, 0.717) is 11.4 Å². The number of nitriles is 1. The monoisotopic (exact) mass is 323 g/mol. The molecule has 126 valence electrons. The standard InChI is InChI=1S/C19H25N5/c1-14(11-19(2,3)24(4)5)23-18-16(12-20)10-17(13-22-18)15-6-8-21-9-7-15/h6-10,13-14H,11H2,1-5H3,(H,22,23). The van der Waals surface area contributed by atoms with Crippen molar-refractivity contribution in [3.63, 3.8) is 0 Å². The first kappa shape index (κ1) is 17.9. The molecule has 0 aromatic carbocycles. The molecule has 0 saturated carbocycles. The smallest absolute Gasteiger partial charge is 0.144 e. The van der Waals surface area contributed by atoms with E-state index in [1.165, 1.54) is 0 Å². The van der Waals surface area contributed by atoms with Crippen LogP contribution in [0, 0.1) is 11.3 Å². The molecule has 0 aliphatic heterocycles. The zero-order valence-electron chi connectivity index (χ0n) is 15.0. The highest BCUT2D eigenvalue weighted by molar-refractivity contribution is 5.67. The Hall–Kier alpha value is -2.45. The molecule has 0 spiro atoms. The van der Waals surface area contributed by atoms with Crippen molar-refractivity contribution in [1.29, 1.82) is 5.26 Å². The van der Waals surface area contributed by atoms with Gasteiger partial charge >= 0.3 is 0 Å². The zero-order valence-corrected chi connectivity index (χ0v) is 15.0. The van der Waals surface area contributed by atoms with Crippen LogP contribution < -0.4 is 5.32 Å². The van der Waals surface area contributed by atoms with Gasteiger partial charge in [0.1, 0.15) is 11.9 Å². The highest BCUT2D eigenvalue weighted by Crippen LogP contribution is 2.24. The zero-order chi connectivity index (χ0) is 17.7. The molecule has 1 N–H and O–H groups in total. The number of hydrogen-bond acceptors (Lipinski definition) is 5. The summed E-state index contributed by atoms with van der Waals surface area (Å²) in [6.07, 6.45) is 6.21. The summed E-state index contributed by atoms with van der Waals surface area (Å²) >= 11 is 0. The number of aromatic nitrogens is 2. The molecule has 0 aliphatic rings. The van der Waals surface area contributed by atoms with Crippen molar-refractivity contribution in [1.82, 2.24) is 14.9 Å². The first-order valence-corrected chi connectivity index (χ1v) is 8.08. The Labute approximate surface area is 144 Å². The van der Waals surface area contributed by atoms with Crippen molar-refractivity contribution in [3.8, 4) is 17.2 Å². The van der Waals surface area contributed by atoms with E-state index in [9.17, 15) is 5.26 Å². The lowest BCUT2D eigenvalue weighted by Gasteiger charge is -2.35. The largest absolute Gasteiger partial charge is 0.366 e. The van der Waals surface area contributed by atoms with E-state index in [1.54, 1.807) is 18.6 Å². The molecule has 2 heterocycles. The van der Waals surface area contributed by atoms with Gasteiger partial charge in [-0.3, -0.25) is 4.98 Å². The second kappa shape index (κ2) is 7.41. The maximum absolute atomic E-state index is 9.47. The summed E-state index contributed by atoms with van der Waals surface area (Å²) in [6, 6.07) is 8.14. The van der Waals surface area contributed by atoms with Gasteiger partial charge in [-0.05, 0) is 65.0 Å². The molecule has 0 bridgehead atoms. The summed E-state index contributed by atoms with van der Waals surface area (Å²) < 4.78 is 0. The topological polar surface area (TPSA) is 64.8 Å². The van der Waals surface area contributed by atoms with E-state index >= 15 is 0 Å². The fourth-order valence-corrected chi connectivity index (χ4v) is 2.58. The third-order valence-electron chi connectivity index (χ3n) is 4.42. The van der Waals surface area contributed by atoms with Gasteiger partial charge < -0.3 is 10.2 Å². The summed E-state index contributed by atoms with van der Waals surface area (Å²) in [7, 11) is 4.16. The van der Waals surface area contributed by atoms with Crippen LogP contribution in [0.25, 0.3) is 11.1 Å². The van der Waals surface area contributed by atoms with Crippen LogP contribution in [-0.4, -0.2) is 40.5 Å². The van der Waals surface area contributed by atoms with Gasteiger partial charge in [0.2, 0.25) is 0 Å². The molecule has 2 aromatic heterocycles. The van der Waals surface area contributed by atoms with Crippen LogP contribution in [0.5, 0.6) is 0 Å². The fourth-order valence-electron chi connectivity index (χ4n) is 2.58. The van der Waals surface area contributed by atoms with Gasteiger partial charge in [-0.25, -0.2) is 4.98 Å². The molecule has 2 rings (SSSR count). The molecule has 0 saturated heterocycles. The van der Waals surface area contributed by atoms with Crippen molar-refractivity contribution < 1.29 is 0 Å². The van der Waals surface area contributed by atoms with Crippen molar-refractivity contribution in [2.75, 3.05) is 19.4 Å². The summed E-state index contributed by atoms with van der Waals surface area (Å²) in [5.74, 6) is 0.636. The molecule has 24 heavy (non-hydrogen) atoms. The molecule has 2 aromatic rings. The fraction of sp³-hybridized carbons (Fsp3) is 0.421. The van der Waals surface area contributed by atoms with E-state index in [4.69, 9.17) is 0 Å². The lowest BCUT2D eigenvalue weighted by Crippen LogP contribution is -2.42. The van der Waals surface area contributed by atoms with E-state index in [2.05, 4.69) is 61.1 Å². The van der Waals surface area contributed by atoms with Crippen molar-refractivity contribution >= 4 is 5.82 Å². The lowest BCUT2D eigenvalue weighted by molar-refractivity contribution is 0.176. The van der Waals surface area contributed by atoms with Gasteiger partial charge in [0.25, 0.3) is 0 Å². The van der Waals surface area contributed by atoms with Crippen LogP contribution in [0.15, 0.2) is 36.8 Å². The molecular weight excluding hydrogens is 298 g/mol. The van der Waals surface area contributed by atoms with Crippen LogP contribution in [0.1, 0.15) is 32.8 Å². The van der Waals surface area contributed by atoms with Gasteiger partial charge in [-0.2, -0.15) is 5.26 Å². The van der Waals surface area contributed by atoms with E-state index in [1.807, 2.05) is 18.2 Å². The van der Waals surface area contributed by atoms with Gasteiger partial charge in [-0.1, -0.05) is 0 Å². The first-order chi connectivity index (χ1) is 11.3. The second-order valence-corrected chi connectivity index (χ2v) is 6.92. The number of nitrogens with one attached hydrogen (secondary N) is 1. The Bertz CT molecular complexity index is 716. The number of nitrogens with zero attached hydrogens (tertiary/aromatic N) is 4. The SMILES string of the molecule is CC(CC(C)(C)N(C)C)Nc1ncc(-c2ccncc2)cc1C#N. The molecule has 0 amide bonds. The highest BCUT2D eigenvalue weighted by Gasteiger charge is 2.23. The summed E-state index contributed by atoms with van der Waals surface area (Å²) in [5.41, 5.74) is 2.54. The molecule has 0 fully saturated rings. The normalized spacial score (nSPS) is 12.7. The molecule has 5 heteroatoms. The Morgan fingerprint density at radius 3 is 2.50 bits per heavy atom. The number of rotatable bonds is 6. The van der Waals surface area contributed by atoms with Crippen LogP contribution in [0.3, 0.4) is 0 Å². The third kappa shape index (κ3) is 4.30. The first-order valence-electron chi connectivity index (χ1n) is 8.08. The Morgan fingerprint density at radius 1 is 1.25 bits per heavy atom. The van der Waals surface area contributed by atoms with Crippen molar-refractivity contribution in [2.45, 2.75) is 38.8 Å². The Morgan fingerprint density at radius 2 is 1.92 bits per heavy atom. The summed E-state index contributed by atoms with van der Waals surface area (Å²) in [6.45, 7) is 6.53. The molecular formula is C19H25N5. The van der Waals surface area contributed by atoms with E-state index < -0.39 is 0 Å². The Kier molecular flexibility index (Phi) is 5.53. The van der Waals surface area contributed by atoms with Gasteiger partial charge in [0.15, 0.2) is 0 Å². The van der Waals surface area contributed by atoms with Gasteiger partial charge in [0, 0.05) is 35.7 Å². The van der Waals surface area contributed by atoms with Crippen LogP contribution >= 0.6 is 0 Å². The van der Waals surface area contributed by atoms with Crippen molar-refractivity contribution in [3.05, 3.63) is 42.4 Å². The van der Waals surface area contributed by atoms with Gasteiger partial charge in [-0.15, -0.1) is 0 Å². The maximum Gasteiger partial charge on any atom is 0.144 e. The third-order valence-corrected chi connectivity index (χ3v) is 4.42. The van der Waals surface area contributed by atoms with E-state index in [0.717, 1.165) is 17.5 Å². The van der Waals surface area contributed by atoms with Gasteiger partial charge in [0.05, 0.1) is 5.56 Å². The Balaban J connectivity index is 2.18. The predicted molar refractivity (Wildman–Crippen MR) is 97.7 cm³/mol. The molecule has 1 atom stereocenters. The minimum absolute atomic E-state index is 0.0657. The minimum Gasteiger partial charge on any atom is -0.366 e. The van der Waals surface area contributed by atoms with Crippen LogP contribution in [0.4, 0.5) is 5.82 Å². The second-order valence-electron chi connectivity index (χ2n) is 6.92. The highest BCUT2D eigenvalue weighted by atomic mass is 15.1. The van der Waals surface area contributed by atoms with Crippen LogP contribution in [0.2, 0.25) is 0 Å². The summed E-state index contributed by atoms with van der Waals surface area (Å²) in [5, 5.41) is 12.9. The maximum atomic E-state index is 9.47. The van der Waals surface area contributed by atoms with E-state index in [-0.39, 0.29) is 11.6 Å².